The molecule has 1 saturated heterocycles. The number of ether oxygens (including phenoxy) is 1. The molecule has 5 heteroatoms. The summed E-state index contributed by atoms with van der Waals surface area (Å²) >= 11 is 6.03. The Morgan fingerprint density at radius 1 is 1.13 bits per heavy atom. The lowest BCUT2D eigenvalue weighted by Gasteiger charge is -2.23. The Bertz CT molecular complexity index is 853. The smallest absolute Gasteiger partial charge is 0.150 e. The summed E-state index contributed by atoms with van der Waals surface area (Å²) in [5.74, 6) is 0.0946. The molecule has 1 N–H and O–H groups in total. The number of phenols is 1. The van der Waals surface area contributed by atoms with Gasteiger partial charge in [-0.2, -0.15) is 5.10 Å². The van der Waals surface area contributed by atoms with Crippen LogP contribution in [0.5, 0.6) is 5.75 Å². The number of benzene rings is 2. The molecule has 3 aromatic rings. The highest BCUT2D eigenvalue weighted by Gasteiger charge is 2.18. The maximum atomic E-state index is 9.58. The van der Waals surface area contributed by atoms with E-state index in [1.54, 1.807) is 12.1 Å². The minimum absolute atomic E-state index is 0.0138. The van der Waals surface area contributed by atoms with Gasteiger partial charge >= 0.3 is 0 Å². The summed E-state index contributed by atoms with van der Waals surface area (Å²) < 4.78 is 7.83. The monoisotopic (exact) mass is 328 g/mol. The van der Waals surface area contributed by atoms with Crippen LogP contribution in [0.15, 0.2) is 42.6 Å². The predicted molar refractivity (Wildman–Crippen MR) is 90.7 cm³/mol. The quantitative estimate of drug-likeness (QED) is 0.737. The van der Waals surface area contributed by atoms with Crippen molar-refractivity contribution in [1.29, 1.82) is 0 Å². The van der Waals surface area contributed by atoms with Crippen molar-refractivity contribution in [1.82, 2.24) is 9.78 Å². The minimum Gasteiger partial charge on any atom is -0.506 e. The highest BCUT2D eigenvalue weighted by Crippen LogP contribution is 2.32. The molecule has 1 aliphatic heterocycles. The summed E-state index contributed by atoms with van der Waals surface area (Å²) in [6.07, 6.45) is 5.17. The first-order valence-corrected chi connectivity index (χ1v) is 8.18. The summed E-state index contributed by atoms with van der Waals surface area (Å²) in [6.45, 7) is 0.791. The van der Waals surface area contributed by atoms with Crippen LogP contribution in [0.2, 0.25) is 5.02 Å². The summed E-state index contributed by atoms with van der Waals surface area (Å²) in [6, 6.07) is 11.4. The lowest BCUT2D eigenvalue weighted by molar-refractivity contribution is -0.0366. The molecule has 118 valence electrons. The molecule has 1 aliphatic rings. The zero-order valence-corrected chi connectivity index (χ0v) is 13.3. The largest absolute Gasteiger partial charge is 0.506 e. The number of aromatic hydroxyl groups is 1. The maximum Gasteiger partial charge on any atom is 0.150 e. The SMILES string of the molecule is Oc1ccc(-c2ccc3cnn(C4CCCCO4)c3c2)cc1Cl. The normalized spacial score (nSPS) is 18.4. The molecule has 4 rings (SSSR count). The van der Waals surface area contributed by atoms with Crippen molar-refractivity contribution in [2.45, 2.75) is 25.5 Å². The van der Waals surface area contributed by atoms with Gasteiger partial charge in [0.25, 0.3) is 0 Å². The fourth-order valence-electron chi connectivity index (χ4n) is 3.05. The second kappa shape index (κ2) is 5.87. The van der Waals surface area contributed by atoms with Gasteiger partial charge in [0.1, 0.15) is 5.75 Å². The fraction of sp³-hybridized carbons (Fsp3) is 0.278. The third-order valence-corrected chi connectivity index (χ3v) is 4.61. The molecule has 4 nitrogen and oxygen atoms in total. The van der Waals surface area contributed by atoms with Crippen LogP contribution in [0.3, 0.4) is 0 Å². The second-order valence-corrected chi connectivity index (χ2v) is 6.26. The second-order valence-electron chi connectivity index (χ2n) is 5.85. The third kappa shape index (κ3) is 2.69. The molecule has 23 heavy (non-hydrogen) atoms. The molecule has 2 aromatic carbocycles. The van der Waals surface area contributed by atoms with Crippen LogP contribution in [0, 0.1) is 0 Å². The van der Waals surface area contributed by atoms with Gasteiger partial charge in [-0.3, -0.25) is 0 Å². The molecule has 0 aliphatic carbocycles. The Labute approximate surface area is 139 Å². The number of hydrogen-bond acceptors (Lipinski definition) is 3. The van der Waals surface area contributed by atoms with Crippen molar-refractivity contribution in [3.8, 4) is 16.9 Å². The summed E-state index contributed by atoms with van der Waals surface area (Å²) in [7, 11) is 0. The topological polar surface area (TPSA) is 47.3 Å². The van der Waals surface area contributed by atoms with E-state index >= 15 is 0 Å². The standard InChI is InChI=1S/C18H17ClN2O2/c19-15-9-12(6-7-17(15)22)13-4-5-14-11-20-21(16(14)10-13)18-3-1-2-8-23-18/h4-7,9-11,18,22H,1-3,8H2. The van der Waals surface area contributed by atoms with Crippen molar-refractivity contribution in [2.24, 2.45) is 0 Å². The number of aromatic nitrogens is 2. The van der Waals surface area contributed by atoms with Gasteiger partial charge in [0.15, 0.2) is 6.23 Å². The lowest BCUT2D eigenvalue weighted by atomic mass is 10.0. The highest BCUT2D eigenvalue weighted by atomic mass is 35.5. The minimum atomic E-state index is 0.0138. The number of phenolic OH excluding ortho intramolecular Hbond substituents is 1. The predicted octanol–water partition coefficient (Wildman–Crippen LogP) is 4.76. The van der Waals surface area contributed by atoms with Crippen molar-refractivity contribution >= 4 is 22.5 Å². The zero-order chi connectivity index (χ0) is 15.8. The van der Waals surface area contributed by atoms with E-state index in [1.165, 1.54) is 6.42 Å². The average molecular weight is 329 g/mol. The molecule has 1 atom stereocenters. The molecule has 1 fully saturated rings. The van der Waals surface area contributed by atoms with E-state index in [2.05, 4.69) is 17.2 Å². The molecule has 0 saturated carbocycles. The van der Waals surface area contributed by atoms with Crippen molar-refractivity contribution < 1.29 is 9.84 Å². The van der Waals surface area contributed by atoms with E-state index in [1.807, 2.05) is 23.0 Å². The highest BCUT2D eigenvalue weighted by molar-refractivity contribution is 6.32. The average Bonchev–Trinajstić information content (AvgIpc) is 3.01. The number of nitrogens with zero attached hydrogens (tertiary/aromatic N) is 2. The Kier molecular flexibility index (Phi) is 3.71. The number of rotatable bonds is 2. The van der Waals surface area contributed by atoms with Crippen LogP contribution >= 0.6 is 11.6 Å². The summed E-state index contributed by atoms with van der Waals surface area (Å²) in [5, 5.41) is 15.5. The molecule has 1 unspecified atom stereocenters. The van der Waals surface area contributed by atoms with Gasteiger partial charge in [0.05, 0.1) is 16.7 Å². The molecule has 0 bridgehead atoms. The molecular formula is C18H17ClN2O2. The Morgan fingerprint density at radius 2 is 1.96 bits per heavy atom. The number of fused-ring (bicyclic) bond motifs is 1. The number of hydrogen-bond donors (Lipinski definition) is 1. The van der Waals surface area contributed by atoms with E-state index < -0.39 is 0 Å². The van der Waals surface area contributed by atoms with Gasteiger partial charge in [-0.15, -0.1) is 0 Å². The Balaban J connectivity index is 1.78. The van der Waals surface area contributed by atoms with E-state index in [4.69, 9.17) is 16.3 Å². The summed E-state index contributed by atoms with van der Waals surface area (Å²) in [4.78, 5) is 0. The lowest BCUT2D eigenvalue weighted by Crippen LogP contribution is -2.18. The van der Waals surface area contributed by atoms with E-state index in [9.17, 15) is 5.11 Å². The van der Waals surface area contributed by atoms with Crippen LogP contribution in [-0.4, -0.2) is 21.5 Å². The first-order valence-electron chi connectivity index (χ1n) is 7.80. The van der Waals surface area contributed by atoms with Crippen LogP contribution in [0.1, 0.15) is 25.5 Å². The van der Waals surface area contributed by atoms with Gasteiger partial charge in [-0.25, -0.2) is 4.68 Å². The maximum absolute atomic E-state index is 9.58. The number of halogens is 1. The Hall–Kier alpha value is -2.04. The molecule has 0 spiro atoms. The van der Waals surface area contributed by atoms with Crippen molar-refractivity contribution in [3.05, 3.63) is 47.6 Å². The summed E-state index contributed by atoms with van der Waals surface area (Å²) in [5.41, 5.74) is 3.06. The van der Waals surface area contributed by atoms with Crippen molar-refractivity contribution in [2.75, 3.05) is 6.61 Å². The zero-order valence-electron chi connectivity index (χ0n) is 12.6. The van der Waals surface area contributed by atoms with Crippen LogP contribution in [0.25, 0.3) is 22.0 Å². The molecule has 1 aromatic heterocycles. The van der Waals surface area contributed by atoms with Crippen molar-refractivity contribution in [3.63, 3.8) is 0 Å². The fourth-order valence-corrected chi connectivity index (χ4v) is 3.23. The molecule has 0 amide bonds. The van der Waals surface area contributed by atoms with Crippen LogP contribution in [0.4, 0.5) is 0 Å². The Morgan fingerprint density at radius 3 is 2.74 bits per heavy atom. The van der Waals surface area contributed by atoms with Gasteiger partial charge < -0.3 is 9.84 Å². The third-order valence-electron chi connectivity index (χ3n) is 4.31. The molecule has 2 heterocycles. The van der Waals surface area contributed by atoms with Gasteiger partial charge in [-0.05, 0) is 48.6 Å². The molecule has 0 radical (unpaired) electrons. The first kappa shape index (κ1) is 14.5. The van der Waals surface area contributed by atoms with Crippen LogP contribution in [-0.2, 0) is 4.74 Å². The van der Waals surface area contributed by atoms with E-state index in [0.29, 0.717) is 5.02 Å². The van der Waals surface area contributed by atoms with E-state index in [-0.39, 0.29) is 12.0 Å². The molecular weight excluding hydrogens is 312 g/mol. The van der Waals surface area contributed by atoms with Gasteiger partial charge in [-0.1, -0.05) is 29.8 Å². The van der Waals surface area contributed by atoms with Crippen LogP contribution < -0.4 is 0 Å². The van der Waals surface area contributed by atoms with Gasteiger partial charge in [0, 0.05) is 12.0 Å². The van der Waals surface area contributed by atoms with E-state index in [0.717, 1.165) is 41.5 Å². The first-order chi connectivity index (χ1) is 11.2. The van der Waals surface area contributed by atoms with Gasteiger partial charge in [0.2, 0.25) is 0 Å².